The van der Waals surface area contributed by atoms with E-state index in [4.69, 9.17) is 4.74 Å². The van der Waals surface area contributed by atoms with Gasteiger partial charge in [0.25, 0.3) is 0 Å². The van der Waals surface area contributed by atoms with Crippen LogP contribution < -0.4 is 0 Å². The van der Waals surface area contributed by atoms with Crippen molar-refractivity contribution >= 4 is 6.09 Å². The Kier molecular flexibility index (Phi) is 6.53. The van der Waals surface area contributed by atoms with Gasteiger partial charge in [-0.2, -0.15) is 0 Å². The van der Waals surface area contributed by atoms with Gasteiger partial charge in [-0.15, -0.1) is 0 Å². The van der Waals surface area contributed by atoms with Gasteiger partial charge < -0.3 is 14.1 Å². The van der Waals surface area contributed by atoms with Gasteiger partial charge in [0.1, 0.15) is 0 Å². The van der Waals surface area contributed by atoms with Crippen molar-refractivity contribution in [3.8, 4) is 0 Å². The molecular formula is C16H35N2O2+. The summed E-state index contributed by atoms with van der Waals surface area (Å²) in [5.74, 6) is 0. The maximum Gasteiger partial charge on any atom is 0.409 e. The van der Waals surface area contributed by atoms with Crippen LogP contribution in [0.15, 0.2) is 0 Å². The second-order valence-electron chi connectivity index (χ2n) is 8.59. The number of carbonyl (C=O) groups is 1. The van der Waals surface area contributed by atoms with Crippen molar-refractivity contribution in [2.75, 3.05) is 41.3 Å². The standard InChI is InChI=1S/C16H35N2O2/c1-15(2,3)13-16(4,5)17(6)14(19)20-12-10-11-18(7,8)9/h10-13H2,1-9H3/q+1. The van der Waals surface area contributed by atoms with E-state index in [2.05, 4.69) is 55.8 Å². The third kappa shape index (κ3) is 8.41. The maximum atomic E-state index is 12.1. The number of quaternary nitrogens is 1. The van der Waals surface area contributed by atoms with Crippen molar-refractivity contribution in [3.05, 3.63) is 0 Å². The second kappa shape index (κ2) is 6.79. The topological polar surface area (TPSA) is 29.5 Å². The van der Waals surface area contributed by atoms with Crippen molar-refractivity contribution in [2.45, 2.75) is 53.0 Å². The Balaban J connectivity index is 4.27. The summed E-state index contributed by atoms with van der Waals surface area (Å²) in [4.78, 5) is 13.8. The first-order valence-electron chi connectivity index (χ1n) is 7.46. The molecule has 0 fully saturated rings. The summed E-state index contributed by atoms with van der Waals surface area (Å²) in [6.07, 6.45) is 1.61. The summed E-state index contributed by atoms with van der Waals surface area (Å²) in [5.41, 5.74) is -0.0167. The fourth-order valence-corrected chi connectivity index (χ4v) is 2.46. The number of nitrogens with zero attached hydrogens (tertiary/aromatic N) is 2. The molecule has 0 saturated carbocycles. The summed E-state index contributed by atoms with van der Waals surface area (Å²) in [5, 5.41) is 0. The third-order valence-corrected chi connectivity index (χ3v) is 3.34. The fourth-order valence-electron chi connectivity index (χ4n) is 2.46. The Morgan fingerprint density at radius 3 is 2.00 bits per heavy atom. The minimum absolute atomic E-state index is 0.182. The van der Waals surface area contributed by atoms with Gasteiger partial charge in [-0.25, -0.2) is 4.79 Å². The zero-order chi connectivity index (χ0) is 16.2. The first-order valence-corrected chi connectivity index (χ1v) is 7.46. The molecule has 0 unspecified atom stereocenters. The molecule has 0 aliphatic carbocycles. The molecule has 20 heavy (non-hydrogen) atoms. The number of hydrogen-bond donors (Lipinski definition) is 0. The molecule has 0 atom stereocenters. The van der Waals surface area contributed by atoms with Crippen molar-refractivity contribution in [1.82, 2.24) is 4.90 Å². The van der Waals surface area contributed by atoms with Crippen LogP contribution >= 0.6 is 0 Å². The first-order chi connectivity index (χ1) is 8.75. The summed E-state index contributed by atoms with van der Waals surface area (Å²) < 4.78 is 6.27. The molecule has 120 valence electrons. The van der Waals surface area contributed by atoms with Gasteiger partial charge in [-0.1, -0.05) is 20.8 Å². The molecule has 0 aromatic carbocycles. The van der Waals surface area contributed by atoms with Gasteiger partial charge in [0.05, 0.1) is 34.3 Å². The monoisotopic (exact) mass is 287 g/mol. The highest BCUT2D eigenvalue weighted by molar-refractivity contribution is 5.68. The molecule has 4 heteroatoms. The zero-order valence-corrected chi connectivity index (χ0v) is 15.0. The minimum Gasteiger partial charge on any atom is -0.449 e. The largest absolute Gasteiger partial charge is 0.449 e. The van der Waals surface area contributed by atoms with E-state index in [0.29, 0.717) is 6.61 Å². The van der Waals surface area contributed by atoms with E-state index < -0.39 is 0 Å². The van der Waals surface area contributed by atoms with E-state index in [1.807, 2.05) is 7.05 Å². The van der Waals surface area contributed by atoms with Crippen LogP contribution in [0.3, 0.4) is 0 Å². The normalized spacial score (nSPS) is 13.2. The number of hydrogen-bond acceptors (Lipinski definition) is 2. The highest BCUT2D eigenvalue weighted by Gasteiger charge is 2.32. The lowest BCUT2D eigenvalue weighted by atomic mass is 9.81. The molecule has 0 spiro atoms. The Hall–Kier alpha value is -0.770. The fraction of sp³-hybridized carbons (Fsp3) is 0.938. The Bertz CT molecular complexity index is 311. The molecule has 0 heterocycles. The lowest BCUT2D eigenvalue weighted by Gasteiger charge is -2.39. The maximum absolute atomic E-state index is 12.1. The Morgan fingerprint density at radius 2 is 1.60 bits per heavy atom. The number of carbonyl (C=O) groups excluding carboxylic acids is 1. The van der Waals surface area contributed by atoms with E-state index in [9.17, 15) is 4.79 Å². The van der Waals surface area contributed by atoms with E-state index in [1.54, 1.807) is 4.90 Å². The molecule has 0 bridgehead atoms. The molecule has 1 amide bonds. The molecule has 0 aromatic heterocycles. The van der Waals surface area contributed by atoms with Crippen LogP contribution in [0.5, 0.6) is 0 Å². The van der Waals surface area contributed by atoms with Gasteiger partial charge in [0, 0.05) is 19.0 Å². The SMILES string of the molecule is CN(C(=O)OCCC[N+](C)(C)C)C(C)(C)CC(C)(C)C. The van der Waals surface area contributed by atoms with Crippen LogP contribution in [0.25, 0.3) is 0 Å². The number of ether oxygens (including phenoxy) is 1. The van der Waals surface area contributed by atoms with Gasteiger partial charge in [0.15, 0.2) is 0 Å². The van der Waals surface area contributed by atoms with E-state index >= 15 is 0 Å². The summed E-state index contributed by atoms with van der Waals surface area (Å²) >= 11 is 0. The van der Waals surface area contributed by atoms with Crippen LogP contribution in [0.2, 0.25) is 0 Å². The lowest BCUT2D eigenvalue weighted by molar-refractivity contribution is -0.870. The molecule has 0 aliphatic heterocycles. The predicted octanol–water partition coefficient (Wildman–Crippen LogP) is 3.37. The summed E-state index contributed by atoms with van der Waals surface area (Å²) in [6, 6.07) is 0. The smallest absolute Gasteiger partial charge is 0.409 e. The van der Waals surface area contributed by atoms with Crippen molar-refractivity contribution in [2.24, 2.45) is 5.41 Å². The molecular weight excluding hydrogens is 252 g/mol. The average molecular weight is 287 g/mol. The van der Waals surface area contributed by atoms with Gasteiger partial charge in [0.2, 0.25) is 0 Å². The van der Waals surface area contributed by atoms with Crippen LogP contribution in [0.1, 0.15) is 47.5 Å². The van der Waals surface area contributed by atoms with E-state index in [0.717, 1.165) is 23.9 Å². The molecule has 0 aliphatic rings. The zero-order valence-electron chi connectivity index (χ0n) is 15.0. The van der Waals surface area contributed by atoms with Crippen LogP contribution in [-0.2, 0) is 4.74 Å². The lowest BCUT2D eigenvalue weighted by Crippen LogP contribution is -2.47. The highest BCUT2D eigenvalue weighted by atomic mass is 16.6. The quantitative estimate of drug-likeness (QED) is 0.554. The summed E-state index contributed by atoms with van der Waals surface area (Å²) in [7, 11) is 8.25. The molecule has 0 saturated heterocycles. The van der Waals surface area contributed by atoms with Crippen molar-refractivity contribution < 1.29 is 14.0 Å². The Labute approximate surface area is 125 Å². The molecule has 0 N–H and O–H groups in total. The average Bonchev–Trinajstić information content (AvgIpc) is 2.18. The third-order valence-electron chi connectivity index (χ3n) is 3.34. The van der Waals surface area contributed by atoms with Crippen molar-refractivity contribution in [1.29, 1.82) is 0 Å². The highest BCUT2D eigenvalue weighted by Crippen LogP contribution is 2.30. The predicted molar refractivity (Wildman–Crippen MR) is 84.8 cm³/mol. The van der Waals surface area contributed by atoms with E-state index in [1.165, 1.54) is 0 Å². The van der Waals surface area contributed by atoms with E-state index in [-0.39, 0.29) is 17.0 Å². The summed E-state index contributed by atoms with van der Waals surface area (Å²) in [6.45, 7) is 12.2. The van der Waals surface area contributed by atoms with Crippen LogP contribution in [0, 0.1) is 5.41 Å². The molecule has 0 aromatic rings. The molecule has 0 radical (unpaired) electrons. The number of amides is 1. The van der Waals surface area contributed by atoms with Crippen LogP contribution in [-0.4, -0.2) is 62.4 Å². The Morgan fingerprint density at radius 1 is 1.10 bits per heavy atom. The van der Waals surface area contributed by atoms with Gasteiger partial charge >= 0.3 is 6.09 Å². The van der Waals surface area contributed by atoms with Crippen LogP contribution in [0.4, 0.5) is 4.79 Å². The molecule has 0 rings (SSSR count). The van der Waals surface area contributed by atoms with Gasteiger partial charge in [-0.05, 0) is 25.7 Å². The first kappa shape index (κ1) is 19.2. The van der Waals surface area contributed by atoms with Crippen molar-refractivity contribution in [3.63, 3.8) is 0 Å². The van der Waals surface area contributed by atoms with Gasteiger partial charge in [-0.3, -0.25) is 0 Å². The number of rotatable bonds is 6. The molecule has 4 nitrogen and oxygen atoms in total. The minimum atomic E-state index is -0.222. The second-order valence-corrected chi connectivity index (χ2v) is 8.59.